The normalized spacial score (nSPS) is 20.9. The maximum Gasteiger partial charge on any atom is 0.408 e. The maximum atomic E-state index is 11.8. The van der Waals surface area contributed by atoms with Crippen LogP contribution in [0.1, 0.15) is 63.2 Å². The lowest BCUT2D eigenvalue weighted by atomic mass is 10.00. The van der Waals surface area contributed by atoms with Crippen molar-refractivity contribution in [1.82, 2.24) is 10.3 Å². The molecule has 0 unspecified atom stereocenters. The minimum atomic E-state index is -0.489. The summed E-state index contributed by atoms with van der Waals surface area (Å²) in [7, 11) is 0. The minimum Gasteiger partial charge on any atom is -0.444 e. The molecule has 0 saturated carbocycles. The number of nitrogens with one attached hydrogen (secondary N) is 1. The van der Waals surface area contributed by atoms with E-state index in [2.05, 4.69) is 15.7 Å². The quantitative estimate of drug-likeness (QED) is 0.926. The van der Waals surface area contributed by atoms with E-state index in [0.29, 0.717) is 5.92 Å². The van der Waals surface area contributed by atoms with E-state index in [9.17, 15) is 4.79 Å². The number of carbonyl (C=O) groups excluding carboxylic acids is 1. The second-order valence-electron chi connectivity index (χ2n) is 6.39. The Balaban J connectivity index is 1.92. The van der Waals surface area contributed by atoms with Crippen molar-refractivity contribution in [2.75, 3.05) is 13.2 Å². The Labute approximate surface area is 130 Å². The monoisotopic (exact) mass is 312 g/mol. The van der Waals surface area contributed by atoms with Crippen molar-refractivity contribution in [2.24, 2.45) is 0 Å². The van der Waals surface area contributed by atoms with E-state index in [1.54, 1.807) is 11.3 Å². The fraction of sp³-hybridized carbons (Fsp3) is 0.733. The molecule has 6 heteroatoms. The van der Waals surface area contributed by atoms with Crippen molar-refractivity contribution in [2.45, 2.75) is 58.1 Å². The number of aromatic nitrogens is 1. The largest absolute Gasteiger partial charge is 0.444 e. The summed E-state index contributed by atoms with van der Waals surface area (Å²) < 4.78 is 10.8. The van der Waals surface area contributed by atoms with Gasteiger partial charge in [0.25, 0.3) is 0 Å². The van der Waals surface area contributed by atoms with Gasteiger partial charge in [-0.05, 0) is 40.5 Å². The third-order valence-corrected chi connectivity index (χ3v) is 4.27. The van der Waals surface area contributed by atoms with E-state index in [1.807, 2.05) is 27.7 Å². The van der Waals surface area contributed by atoms with Gasteiger partial charge < -0.3 is 14.8 Å². The van der Waals surface area contributed by atoms with Crippen LogP contribution >= 0.6 is 11.3 Å². The lowest BCUT2D eigenvalue weighted by Gasteiger charge is -2.21. The van der Waals surface area contributed by atoms with Gasteiger partial charge in [0.15, 0.2) is 0 Å². The minimum absolute atomic E-state index is 0.150. The molecule has 0 bridgehead atoms. The first kappa shape index (κ1) is 16.2. The number of alkyl carbamates (subject to hydrolysis) is 1. The average Bonchev–Trinajstić information content (AvgIpc) is 2.87. The summed E-state index contributed by atoms with van der Waals surface area (Å²) in [5.41, 5.74) is 0.588. The summed E-state index contributed by atoms with van der Waals surface area (Å²) in [4.78, 5) is 16.4. The molecule has 0 spiro atoms. The van der Waals surface area contributed by atoms with Crippen LogP contribution in [0.15, 0.2) is 5.38 Å². The van der Waals surface area contributed by atoms with Crippen LogP contribution in [0.4, 0.5) is 4.79 Å². The van der Waals surface area contributed by atoms with Crippen molar-refractivity contribution >= 4 is 17.4 Å². The second kappa shape index (κ2) is 6.75. The first-order chi connectivity index (χ1) is 9.85. The Morgan fingerprint density at radius 2 is 2.33 bits per heavy atom. The Kier molecular flexibility index (Phi) is 5.22. The van der Waals surface area contributed by atoms with Crippen molar-refractivity contribution in [3.8, 4) is 0 Å². The molecule has 0 aromatic carbocycles. The van der Waals surface area contributed by atoms with Gasteiger partial charge >= 0.3 is 6.09 Å². The standard InChI is InChI=1S/C15H24N2O3S/c1-10(16-14(18)20-15(2,3)4)13-17-12(9-21-13)11-6-5-7-19-8-11/h9-11H,5-8H2,1-4H3,(H,16,18)/t10-,11+/m0/s1. The van der Waals surface area contributed by atoms with Gasteiger partial charge in [0.2, 0.25) is 0 Å². The van der Waals surface area contributed by atoms with Crippen molar-refractivity contribution < 1.29 is 14.3 Å². The van der Waals surface area contributed by atoms with Crippen LogP contribution < -0.4 is 5.32 Å². The van der Waals surface area contributed by atoms with Crippen LogP contribution in [-0.2, 0) is 9.47 Å². The third kappa shape index (κ3) is 4.97. The molecule has 1 amide bonds. The third-order valence-electron chi connectivity index (χ3n) is 3.22. The molecular weight excluding hydrogens is 288 g/mol. The Bertz CT molecular complexity index is 476. The van der Waals surface area contributed by atoms with Crippen LogP contribution in [-0.4, -0.2) is 29.9 Å². The zero-order valence-corrected chi connectivity index (χ0v) is 14.0. The molecule has 1 aliphatic heterocycles. The molecule has 2 heterocycles. The molecule has 1 aromatic heterocycles. The lowest BCUT2D eigenvalue weighted by Crippen LogP contribution is -2.34. The summed E-state index contributed by atoms with van der Waals surface area (Å²) in [6.07, 6.45) is 1.80. The molecule has 0 aliphatic carbocycles. The van der Waals surface area contributed by atoms with Gasteiger partial charge in [0.1, 0.15) is 10.6 Å². The van der Waals surface area contributed by atoms with Crippen LogP contribution in [0.3, 0.4) is 0 Å². The summed E-state index contributed by atoms with van der Waals surface area (Å²) in [6, 6.07) is -0.150. The predicted octanol–water partition coefficient (Wildman–Crippen LogP) is 3.62. The fourth-order valence-corrected chi connectivity index (χ4v) is 3.11. The first-order valence-corrected chi connectivity index (χ1v) is 8.25. The molecule has 1 aliphatic rings. The maximum absolute atomic E-state index is 11.8. The summed E-state index contributed by atoms with van der Waals surface area (Å²) >= 11 is 1.57. The number of ether oxygens (including phenoxy) is 2. The van der Waals surface area contributed by atoms with Crippen LogP contribution in [0, 0.1) is 0 Å². The SMILES string of the molecule is C[C@H](NC(=O)OC(C)(C)C)c1nc([C@@H]2CCCOC2)cs1. The zero-order valence-electron chi connectivity index (χ0n) is 13.1. The highest BCUT2D eigenvalue weighted by atomic mass is 32.1. The molecule has 2 atom stereocenters. The number of hydrogen-bond acceptors (Lipinski definition) is 5. The smallest absolute Gasteiger partial charge is 0.408 e. The van der Waals surface area contributed by atoms with Crippen molar-refractivity contribution in [1.29, 1.82) is 0 Å². The van der Waals surface area contributed by atoms with E-state index in [-0.39, 0.29) is 6.04 Å². The number of amides is 1. The molecule has 21 heavy (non-hydrogen) atoms. The molecule has 118 valence electrons. The van der Waals surface area contributed by atoms with Crippen LogP contribution in [0.25, 0.3) is 0 Å². The summed E-state index contributed by atoms with van der Waals surface area (Å²) in [6.45, 7) is 9.07. The number of hydrogen-bond donors (Lipinski definition) is 1. The molecule has 1 fully saturated rings. The number of nitrogens with zero attached hydrogens (tertiary/aromatic N) is 1. The highest BCUT2D eigenvalue weighted by molar-refractivity contribution is 7.09. The Hall–Kier alpha value is -1.14. The number of rotatable bonds is 3. The Morgan fingerprint density at radius 1 is 1.57 bits per heavy atom. The van der Waals surface area contributed by atoms with E-state index in [4.69, 9.17) is 9.47 Å². The van der Waals surface area contributed by atoms with Gasteiger partial charge in [-0.25, -0.2) is 9.78 Å². The topological polar surface area (TPSA) is 60.5 Å². The molecule has 5 nitrogen and oxygen atoms in total. The van der Waals surface area contributed by atoms with E-state index in [1.165, 1.54) is 0 Å². The number of thiazole rings is 1. The van der Waals surface area contributed by atoms with Crippen LogP contribution in [0.2, 0.25) is 0 Å². The van der Waals surface area contributed by atoms with E-state index >= 15 is 0 Å². The molecule has 1 saturated heterocycles. The predicted molar refractivity (Wildman–Crippen MR) is 82.7 cm³/mol. The summed E-state index contributed by atoms with van der Waals surface area (Å²) in [5.74, 6) is 0.387. The van der Waals surface area contributed by atoms with Crippen molar-refractivity contribution in [3.05, 3.63) is 16.1 Å². The Morgan fingerprint density at radius 3 is 2.95 bits per heavy atom. The highest BCUT2D eigenvalue weighted by Crippen LogP contribution is 2.28. The fourth-order valence-electron chi connectivity index (χ4n) is 2.21. The zero-order chi connectivity index (χ0) is 15.5. The highest BCUT2D eigenvalue weighted by Gasteiger charge is 2.22. The molecule has 1 N–H and O–H groups in total. The van der Waals surface area contributed by atoms with Crippen molar-refractivity contribution in [3.63, 3.8) is 0 Å². The number of carbonyl (C=O) groups is 1. The lowest BCUT2D eigenvalue weighted by molar-refractivity contribution is 0.0507. The van der Waals surface area contributed by atoms with E-state index in [0.717, 1.165) is 36.8 Å². The van der Waals surface area contributed by atoms with Gasteiger partial charge in [0, 0.05) is 17.9 Å². The molecule has 2 rings (SSSR count). The van der Waals surface area contributed by atoms with Gasteiger partial charge in [-0.15, -0.1) is 11.3 Å². The first-order valence-electron chi connectivity index (χ1n) is 7.38. The van der Waals surface area contributed by atoms with E-state index < -0.39 is 11.7 Å². The van der Waals surface area contributed by atoms with Gasteiger partial charge in [0.05, 0.1) is 18.3 Å². The summed E-state index contributed by atoms with van der Waals surface area (Å²) in [5, 5.41) is 5.80. The molecule has 1 aromatic rings. The van der Waals surface area contributed by atoms with Gasteiger partial charge in [-0.3, -0.25) is 0 Å². The molecular formula is C15H24N2O3S. The van der Waals surface area contributed by atoms with Gasteiger partial charge in [-0.2, -0.15) is 0 Å². The average molecular weight is 312 g/mol. The molecule has 0 radical (unpaired) electrons. The van der Waals surface area contributed by atoms with Crippen LogP contribution in [0.5, 0.6) is 0 Å². The van der Waals surface area contributed by atoms with Gasteiger partial charge in [-0.1, -0.05) is 0 Å². The second-order valence-corrected chi connectivity index (χ2v) is 7.28.